The summed E-state index contributed by atoms with van der Waals surface area (Å²) < 4.78 is 19.8. The Bertz CT molecular complexity index is 471. The maximum absolute atomic E-state index is 13.1. The summed E-state index contributed by atoms with van der Waals surface area (Å²) in [6.45, 7) is 0. The number of nitrogens with one attached hydrogen (secondary N) is 1. The second-order valence-electron chi connectivity index (χ2n) is 5.49. The predicted molar refractivity (Wildman–Crippen MR) is 74.9 cm³/mol. The molecule has 1 aromatic carbocycles. The molecule has 2 bridgehead atoms. The van der Waals surface area contributed by atoms with Gasteiger partial charge in [0.15, 0.2) is 0 Å². The fourth-order valence-corrected chi connectivity index (χ4v) is 3.87. The van der Waals surface area contributed by atoms with Gasteiger partial charge in [0.1, 0.15) is 5.82 Å². The fraction of sp³-hybridized carbons (Fsp3) is 0.571. The van der Waals surface area contributed by atoms with Gasteiger partial charge < -0.3 is 4.74 Å². The van der Waals surface area contributed by atoms with Gasteiger partial charge in [0.05, 0.1) is 12.2 Å². The zero-order chi connectivity index (χ0) is 13.4. The number of halogens is 2. The summed E-state index contributed by atoms with van der Waals surface area (Å²) in [5.74, 6) is 5.95. The van der Waals surface area contributed by atoms with Crippen LogP contribution < -0.4 is 11.3 Å². The van der Waals surface area contributed by atoms with Crippen LogP contribution in [0.3, 0.4) is 0 Å². The van der Waals surface area contributed by atoms with E-state index in [9.17, 15) is 4.39 Å². The fourth-order valence-electron chi connectivity index (χ4n) is 3.36. The lowest BCUT2D eigenvalue weighted by molar-refractivity contribution is 0.0857. The Morgan fingerprint density at radius 1 is 1.47 bits per heavy atom. The van der Waals surface area contributed by atoms with E-state index in [0.29, 0.717) is 18.1 Å². The molecule has 0 aliphatic carbocycles. The van der Waals surface area contributed by atoms with E-state index in [1.807, 2.05) is 6.07 Å². The third kappa shape index (κ3) is 2.70. The van der Waals surface area contributed by atoms with E-state index in [1.165, 1.54) is 18.6 Å². The molecule has 0 spiro atoms. The molecule has 2 fully saturated rings. The Morgan fingerprint density at radius 2 is 2.32 bits per heavy atom. The highest BCUT2D eigenvalue weighted by Gasteiger charge is 2.44. The molecule has 4 unspecified atom stereocenters. The quantitative estimate of drug-likeness (QED) is 0.659. The number of hydrazine groups is 1. The first-order valence-electron chi connectivity index (χ1n) is 6.73. The minimum absolute atomic E-state index is 0.178. The molecular weight excluding hydrogens is 311 g/mol. The van der Waals surface area contributed by atoms with Crippen molar-refractivity contribution >= 4 is 15.9 Å². The normalized spacial score (nSPS) is 30.8. The average molecular weight is 329 g/mol. The Morgan fingerprint density at radius 3 is 2.89 bits per heavy atom. The van der Waals surface area contributed by atoms with Gasteiger partial charge in [-0.3, -0.25) is 11.3 Å². The maximum Gasteiger partial charge on any atom is 0.124 e. The molecule has 0 saturated carbocycles. The van der Waals surface area contributed by atoms with Gasteiger partial charge in [-0.2, -0.15) is 0 Å². The van der Waals surface area contributed by atoms with Crippen LogP contribution in [-0.2, 0) is 11.2 Å². The number of hydrogen-bond donors (Lipinski definition) is 2. The molecule has 3 N–H and O–H groups in total. The third-order valence-electron chi connectivity index (χ3n) is 4.34. The molecular formula is C14H18BrFN2O. The average Bonchev–Trinajstić information content (AvgIpc) is 3.00. The molecule has 2 heterocycles. The minimum atomic E-state index is -0.226. The van der Waals surface area contributed by atoms with Gasteiger partial charge in [0, 0.05) is 16.4 Å². The molecule has 4 atom stereocenters. The highest BCUT2D eigenvalue weighted by Crippen LogP contribution is 2.41. The number of fused-ring (bicyclic) bond motifs is 2. The smallest absolute Gasteiger partial charge is 0.124 e. The molecule has 2 aliphatic rings. The summed E-state index contributed by atoms with van der Waals surface area (Å²) in [5.41, 5.74) is 4.00. The lowest BCUT2D eigenvalue weighted by atomic mass is 9.82. The molecule has 5 heteroatoms. The monoisotopic (exact) mass is 328 g/mol. The van der Waals surface area contributed by atoms with Crippen LogP contribution in [0.25, 0.3) is 0 Å². The molecule has 2 saturated heterocycles. The van der Waals surface area contributed by atoms with Crippen molar-refractivity contribution in [2.45, 2.75) is 43.9 Å². The molecule has 19 heavy (non-hydrogen) atoms. The van der Waals surface area contributed by atoms with E-state index in [-0.39, 0.29) is 11.9 Å². The van der Waals surface area contributed by atoms with Crippen molar-refractivity contribution in [3.8, 4) is 0 Å². The summed E-state index contributed by atoms with van der Waals surface area (Å²) in [4.78, 5) is 0. The van der Waals surface area contributed by atoms with Crippen LogP contribution in [0.5, 0.6) is 0 Å². The number of ether oxygens (including phenoxy) is 1. The number of rotatable bonds is 4. The molecule has 3 rings (SSSR count). The summed E-state index contributed by atoms with van der Waals surface area (Å²) in [5, 5.41) is 0. The van der Waals surface area contributed by atoms with Gasteiger partial charge in [0.2, 0.25) is 0 Å². The van der Waals surface area contributed by atoms with E-state index < -0.39 is 0 Å². The zero-order valence-electron chi connectivity index (χ0n) is 10.6. The van der Waals surface area contributed by atoms with Crippen LogP contribution >= 0.6 is 15.9 Å². The summed E-state index contributed by atoms with van der Waals surface area (Å²) in [6.07, 6.45) is 4.94. The Balaban J connectivity index is 1.73. The molecule has 2 aliphatic heterocycles. The van der Waals surface area contributed by atoms with Gasteiger partial charge in [0.25, 0.3) is 0 Å². The highest BCUT2D eigenvalue weighted by atomic mass is 79.9. The van der Waals surface area contributed by atoms with E-state index >= 15 is 0 Å². The topological polar surface area (TPSA) is 47.3 Å². The van der Waals surface area contributed by atoms with Crippen molar-refractivity contribution < 1.29 is 9.13 Å². The first-order valence-corrected chi connectivity index (χ1v) is 7.52. The standard InChI is InChI=1S/C14H18BrFN2O/c15-12-6-9(16)2-1-8(12)5-13(18-17)11-7-10-3-4-14(11)19-10/h1-2,6,10-11,13-14,18H,3-5,7,17H2. The van der Waals surface area contributed by atoms with E-state index in [4.69, 9.17) is 10.6 Å². The van der Waals surface area contributed by atoms with Crippen molar-refractivity contribution in [2.24, 2.45) is 11.8 Å². The van der Waals surface area contributed by atoms with Crippen molar-refractivity contribution in [3.05, 3.63) is 34.1 Å². The first-order chi connectivity index (χ1) is 9.17. The number of hydrogen-bond acceptors (Lipinski definition) is 3. The van der Waals surface area contributed by atoms with E-state index in [2.05, 4.69) is 21.4 Å². The Labute approximate surface area is 120 Å². The summed E-state index contributed by atoms with van der Waals surface area (Å²) >= 11 is 3.41. The Hall–Kier alpha value is -0.490. The molecule has 0 radical (unpaired) electrons. The largest absolute Gasteiger partial charge is 0.375 e. The van der Waals surface area contributed by atoms with Crippen LogP contribution in [0.1, 0.15) is 24.8 Å². The lowest BCUT2D eigenvalue weighted by Crippen LogP contribution is -2.45. The summed E-state index contributed by atoms with van der Waals surface area (Å²) in [7, 11) is 0. The van der Waals surface area contributed by atoms with Gasteiger partial charge in [-0.25, -0.2) is 4.39 Å². The van der Waals surface area contributed by atoms with Gasteiger partial charge in [-0.15, -0.1) is 0 Å². The Kier molecular flexibility index (Phi) is 3.89. The van der Waals surface area contributed by atoms with Gasteiger partial charge in [-0.1, -0.05) is 22.0 Å². The maximum atomic E-state index is 13.1. The van der Waals surface area contributed by atoms with Crippen molar-refractivity contribution in [1.29, 1.82) is 0 Å². The van der Waals surface area contributed by atoms with Crippen LogP contribution in [0.4, 0.5) is 4.39 Å². The zero-order valence-corrected chi connectivity index (χ0v) is 12.2. The van der Waals surface area contributed by atoms with Crippen molar-refractivity contribution in [3.63, 3.8) is 0 Å². The van der Waals surface area contributed by atoms with Gasteiger partial charge >= 0.3 is 0 Å². The molecule has 3 nitrogen and oxygen atoms in total. The predicted octanol–water partition coefficient (Wildman–Crippen LogP) is 2.53. The van der Waals surface area contributed by atoms with E-state index in [0.717, 1.165) is 29.3 Å². The number of benzene rings is 1. The number of nitrogens with two attached hydrogens (primary N) is 1. The first kappa shape index (κ1) is 13.5. The van der Waals surface area contributed by atoms with Crippen molar-refractivity contribution in [1.82, 2.24) is 5.43 Å². The van der Waals surface area contributed by atoms with Gasteiger partial charge in [-0.05, 0) is 43.4 Å². The van der Waals surface area contributed by atoms with Crippen LogP contribution in [0.15, 0.2) is 22.7 Å². The molecule has 0 amide bonds. The third-order valence-corrected chi connectivity index (χ3v) is 5.08. The van der Waals surface area contributed by atoms with Crippen LogP contribution in [-0.4, -0.2) is 18.2 Å². The van der Waals surface area contributed by atoms with Crippen LogP contribution in [0.2, 0.25) is 0 Å². The van der Waals surface area contributed by atoms with Crippen molar-refractivity contribution in [2.75, 3.05) is 0 Å². The molecule has 1 aromatic rings. The molecule has 0 aromatic heterocycles. The second-order valence-corrected chi connectivity index (χ2v) is 6.34. The minimum Gasteiger partial charge on any atom is -0.375 e. The van der Waals surface area contributed by atoms with E-state index in [1.54, 1.807) is 0 Å². The van der Waals surface area contributed by atoms with Crippen LogP contribution in [0, 0.1) is 11.7 Å². The second kappa shape index (κ2) is 5.48. The summed E-state index contributed by atoms with van der Waals surface area (Å²) in [6, 6.07) is 4.99. The SMILES string of the molecule is NNC(Cc1ccc(F)cc1Br)C1CC2CCC1O2. The lowest BCUT2D eigenvalue weighted by Gasteiger charge is -2.28. The molecule has 104 valence electrons. The highest BCUT2D eigenvalue weighted by molar-refractivity contribution is 9.10.